The van der Waals surface area contributed by atoms with Crippen LogP contribution in [0.15, 0.2) is 53.5 Å². The van der Waals surface area contributed by atoms with Gasteiger partial charge in [-0.05, 0) is 61.4 Å². The monoisotopic (exact) mass is 445 g/mol. The number of nitrogens with zero attached hydrogens (tertiary/aromatic N) is 2. The molecule has 1 aromatic heterocycles. The predicted octanol–water partition coefficient (Wildman–Crippen LogP) is 3.95. The van der Waals surface area contributed by atoms with E-state index in [9.17, 15) is 14.4 Å². The maximum absolute atomic E-state index is 12.2. The lowest BCUT2D eigenvalue weighted by atomic mass is 10.1. The number of aromatic nitrogens is 2. The number of amides is 1. The number of hydrogen-bond donors (Lipinski definition) is 1. The van der Waals surface area contributed by atoms with E-state index in [4.69, 9.17) is 27.9 Å². The van der Waals surface area contributed by atoms with Crippen LogP contribution in [0.2, 0.25) is 10.0 Å². The quantitative estimate of drug-likeness (QED) is 0.600. The summed E-state index contributed by atoms with van der Waals surface area (Å²) in [6, 6.07) is 11.4. The van der Waals surface area contributed by atoms with Crippen molar-refractivity contribution in [2.24, 2.45) is 0 Å². The van der Waals surface area contributed by atoms with Gasteiger partial charge < -0.3 is 10.1 Å². The number of esters is 1. The Morgan fingerprint density at radius 1 is 1.07 bits per heavy atom. The summed E-state index contributed by atoms with van der Waals surface area (Å²) >= 11 is 11.6. The van der Waals surface area contributed by atoms with Gasteiger partial charge in [0, 0.05) is 5.69 Å². The van der Waals surface area contributed by atoms with E-state index in [2.05, 4.69) is 10.4 Å². The summed E-state index contributed by atoms with van der Waals surface area (Å²) in [5.74, 6) is -1.12. The van der Waals surface area contributed by atoms with Crippen molar-refractivity contribution in [3.63, 3.8) is 0 Å². The molecule has 2 aromatic carbocycles. The van der Waals surface area contributed by atoms with Crippen LogP contribution in [0.4, 0.5) is 5.69 Å². The fourth-order valence-corrected chi connectivity index (χ4v) is 2.82. The van der Waals surface area contributed by atoms with Crippen molar-refractivity contribution in [2.45, 2.75) is 13.8 Å². The summed E-state index contributed by atoms with van der Waals surface area (Å²) in [5, 5.41) is 6.50. The minimum absolute atomic E-state index is 0.0530. The van der Waals surface area contributed by atoms with E-state index in [-0.39, 0.29) is 15.6 Å². The molecule has 3 aromatic rings. The number of hydrogen-bond acceptors (Lipinski definition) is 5. The van der Waals surface area contributed by atoms with Gasteiger partial charge in [-0.3, -0.25) is 9.59 Å². The molecule has 0 saturated heterocycles. The maximum Gasteiger partial charge on any atom is 0.338 e. The van der Waals surface area contributed by atoms with Gasteiger partial charge in [0.2, 0.25) is 0 Å². The minimum Gasteiger partial charge on any atom is -0.452 e. The molecular weight excluding hydrogens is 429 g/mol. The van der Waals surface area contributed by atoms with Gasteiger partial charge in [-0.15, -0.1) is 0 Å². The highest BCUT2D eigenvalue weighted by Gasteiger charge is 2.13. The largest absolute Gasteiger partial charge is 0.452 e. The topological polar surface area (TPSA) is 90.3 Å². The zero-order valence-electron chi connectivity index (χ0n) is 16.1. The molecule has 0 aliphatic rings. The van der Waals surface area contributed by atoms with Crippen LogP contribution in [0, 0.1) is 13.8 Å². The minimum atomic E-state index is -0.675. The number of aryl methyl sites for hydroxylation is 2. The Kier molecular flexibility index (Phi) is 6.54. The van der Waals surface area contributed by atoms with Crippen molar-refractivity contribution in [1.82, 2.24) is 9.78 Å². The average molecular weight is 446 g/mol. The maximum atomic E-state index is 12.2. The smallest absolute Gasteiger partial charge is 0.338 e. The number of carbonyl (C=O) groups excluding carboxylic acids is 2. The molecular formula is C21H17Cl2N3O4. The van der Waals surface area contributed by atoms with Gasteiger partial charge >= 0.3 is 5.97 Å². The van der Waals surface area contributed by atoms with Crippen molar-refractivity contribution < 1.29 is 14.3 Å². The summed E-state index contributed by atoms with van der Waals surface area (Å²) in [4.78, 5) is 36.3. The predicted molar refractivity (Wildman–Crippen MR) is 115 cm³/mol. The van der Waals surface area contributed by atoms with Gasteiger partial charge in [-0.1, -0.05) is 29.3 Å². The van der Waals surface area contributed by atoms with Crippen LogP contribution in [0.25, 0.3) is 5.69 Å². The van der Waals surface area contributed by atoms with Crippen LogP contribution in [0.3, 0.4) is 0 Å². The van der Waals surface area contributed by atoms with E-state index in [1.165, 1.54) is 30.5 Å². The van der Waals surface area contributed by atoms with Gasteiger partial charge in [0.05, 0.1) is 22.5 Å². The summed E-state index contributed by atoms with van der Waals surface area (Å²) in [6.07, 6.45) is 1.25. The molecule has 0 fully saturated rings. The van der Waals surface area contributed by atoms with Crippen molar-refractivity contribution >= 4 is 40.8 Å². The molecule has 0 radical (unpaired) electrons. The molecule has 0 spiro atoms. The summed E-state index contributed by atoms with van der Waals surface area (Å²) in [7, 11) is 0. The standard InChI is InChI=1S/C21H17Cl2N3O4/c1-12-3-6-15(9-13(12)2)25-18(27)11-30-21(29)14-4-7-16(8-5-14)26-20(28)19(23)17(22)10-24-26/h3-10H,11H2,1-2H3,(H,25,27). The van der Waals surface area contributed by atoms with Crippen molar-refractivity contribution in [3.8, 4) is 5.69 Å². The molecule has 1 N–H and O–H groups in total. The van der Waals surface area contributed by atoms with Crippen LogP contribution < -0.4 is 10.9 Å². The first kappa shape index (κ1) is 21.5. The van der Waals surface area contributed by atoms with Crippen LogP contribution in [0.5, 0.6) is 0 Å². The summed E-state index contributed by atoms with van der Waals surface area (Å²) in [5.41, 5.74) is 2.81. The molecule has 0 atom stereocenters. The zero-order valence-corrected chi connectivity index (χ0v) is 17.6. The Balaban J connectivity index is 1.62. The lowest BCUT2D eigenvalue weighted by Crippen LogP contribution is -2.22. The van der Waals surface area contributed by atoms with E-state index in [0.717, 1.165) is 15.8 Å². The molecule has 7 nitrogen and oxygen atoms in total. The first-order valence-corrected chi connectivity index (χ1v) is 9.60. The number of rotatable bonds is 5. The lowest BCUT2D eigenvalue weighted by molar-refractivity contribution is -0.119. The van der Waals surface area contributed by atoms with Crippen LogP contribution >= 0.6 is 23.2 Å². The van der Waals surface area contributed by atoms with Crippen molar-refractivity contribution in [2.75, 3.05) is 11.9 Å². The van der Waals surface area contributed by atoms with Gasteiger partial charge in [-0.2, -0.15) is 9.78 Å². The molecule has 1 heterocycles. The molecule has 0 aliphatic carbocycles. The highest BCUT2D eigenvalue weighted by Crippen LogP contribution is 2.17. The highest BCUT2D eigenvalue weighted by atomic mass is 35.5. The molecule has 3 rings (SSSR count). The Morgan fingerprint density at radius 2 is 1.77 bits per heavy atom. The fourth-order valence-electron chi connectivity index (χ4n) is 2.57. The molecule has 1 amide bonds. The third-order valence-corrected chi connectivity index (χ3v) is 5.10. The van der Waals surface area contributed by atoms with Gasteiger partial charge in [0.1, 0.15) is 5.02 Å². The normalized spacial score (nSPS) is 10.5. The number of carbonyl (C=O) groups is 2. The van der Waals surface area contributed by atoms with E-state index in [1.54, 1.807) is 6.07 Å². The molecule has 30 heavy (non-hydrogen) atoms. The molecule has 154 valence electrons. The van der Waals surface area contributed by atoms with Gasteiger partial charge in [0.25, 0.3) is 11.5 Å². The first-order valence-electron chi connectivity index (χ1n) is 8.84. The van der Waals surface area contributed by atoms with Gasteiger partial charge in [0.15, 0.2) is 6.61 Å². The molecule has 0 saturated carbocycles. The van der Waals surface area contributed by atoms with E-state index < -0.39 is 24.0 Å². The molecule has 0 unspecified atom stereocenters. The second-order valence-corrected chi connectivity index (χ2v) is 7.28. The second kappa shape index (κ2) is 9.11. The molecule has 9 heteroatoms. The summed E-state index contributed by atoms with van der Waals surface area (Å²) in [6.45, 7) is 3.49. The molecule has 0 aliphatic heterocycles. The third kappa shape index (κ3) is 4.87. The van der Waals surface area contributed by atoms with Crippen LogP contribution in [-0.4, -0.2) is 28.3 Å². The highest BCUT2D eigenvalue weighted by molar-refractivity contribution is 6.41. The number of halogens is 2. The first-order chi connectivity index (χ1) is 14.3. The van der Waals surface area contributed by atoms with Gasteiger partial charge in [-0.25, -0.2) is 4.79 Å². The second-order valence-electron chi connectivity index (χ2n) is 6.49. The summed E-state index contributed by atoms with van der Waals surface area (Å²) < 4.78 is 6.10. The Bertz CT molecular complexity index is 1170. The van der Waals surface area contributed by atoms with E-state index in [1.807, 2.05) is 26.0 Å². The SMILES string of the molecule is Cc1ccc(NC(=O)COC(=O)c2ccc(-n3ncc(Cl)c(Cl)c3=O)cc2)cc1C. The average Bonchev–Trinajstić information content (AvgIpc) is 2.73. The number of ether oxygens (including phenoxy) is 1. The van der Waals surface area contributed by atoms with Crippen LogP contribution in [0.1, 0.15) is 21.5 Å². The number of nitrogens with one attached hydrogen (secondary N) is 1. The number of benzene rings is 2. The van der Waals surface area contributed by atoms with E-state index >= 15 is 0 Å². The zero-order chi connectivity index (χ0) is 21.8. The Labute approximate surface area is 182 Å². The van der Waals surface area contributed by atoms with Crippen LogP contribution in [-0.2, 0) is 9.53 Å². The van der Waals surface area contributed by atoms with Crippen molar-refractivity contribution in [1.29, 1.82) is 0 Å². The Morgan fingerprint density at radius 3 is 2.43 bits per heavy atom. The molecule has 0 bridgehead atoms. The Hall–Kier alpha value is -3.16. The lowest BCUT2D eigenvalue weighted by Gasteiger charge is -2.09. The number of anilines is 1. The van der Waals surface area contributed by atoms with E-state index in [0.29, 0.717) is 11.4 Å². The van der Waals surface area contributed by atoms with Crippen molar-refractivity contribution in [3.05, 3.63) is 85.8 Å². The third-order valence-electron chi connectivity index (χ3n) is 4.35. The fraction of sp³-hybridized carbons (Fsp3) is 0.143.